The lowest BCUT2D eigenvalue weighted by Gasteiger charge is -1.98. The van der Waals surface area contributed by atoms with Crippen LogP contribution in [0.15, 0.2) is 22.7 Å². The molecule has 0 spiro atoms. The zero-order chi connectivity index (χ0) is 8.27. The smallest absolute Gasteiger partial charge is 0.154 e. The Bertz CT molecular complexity index is 277. The highest BCUT2D eigenvalue weighted by atomic mass is 79.9. The van der Waals surface area contributed by atoms with Crippen molar-refractivity contribution in [2.75, 3.05) is 0 Å². The van der Waals surface area contributed by atoms with Gasteiger partial charge in [0.25, 0.3) is 0 Å². The SMILES string of the molecule is Fc1ccc(OC=S)cc1Br. The molecule has 0 atom stereocenters. The van der Waals surface area contributed by atoms with Crippen LogP contribution in [0.5, 0.6) is 5.75 Å². The molecule has 0 saturated heterocycles. The first-order chi connectivity index (χ1) is 5.24. The van der Waals surface area contributed by atoms with Gasteiger partial charge in [-0.05, 0) is 46.3 Å². The van der Waals surface area contributed by atoms with E-state index in [1.807, 2.05) is 0 Å². The number of ether oxygens (including phenoxy) is 1. The van der Waals surface area contributed by atoms with E-state index in [9.17, 15) is 4.39 Å². The molecule has 11 heavy (non-hydrogen) atoms. The molecule has 4 heteroatoms. The van der Waals surface area contributed by atoms with Crippen molar-refractivity contribution in [3.8, 4) is 5.75 Å². The second kappa shape index (κ2) is 3.78. The summed E-state index contributed by atoms with van der Waals surface area (Å²) in [6.45, 7) is 0. The van der Waals surface area contributed by atoms with Gasteiger partial charge in [0.2, 0.25) is 0 Å². The van der Waals surface area contributed by atoms with Crippen LogP contribution in [-0.2, 0) is 0 Å². The van der Waals surface area contributed by atoms with Gasteiger partial charge in [-0.1, -0.05) is 0 Å². The predicted molar refractivity (Wildman–Crippen MR) is 48.4 cm³/mol. The van der Waals surface area contributed by atoms with Crippen LogP contribution in [0.3, 0.4) is 0 Å². The largest absolute Gasteiger partial charge is 0.454 e. The van der Waals surface area contributed by atoms with E-state index in [-0.39, 0.29) is 5.82 Å². The van der Waals surface area contributed by atoms with Gasteiger partial charge in [-0.25, -0.2) is 4.39 Å². The Balaban J connectivity index is 2.95. The average Bonchev–Trinajstić information content (AvgIpc) is 1.98. The van der Waals surface area contributed by atoms with Crippen LogP contribution in [0.2, 0.25) is 0 Å². The molecule has 0 aliphatic carbocycles. The summed E-state index contributed by atoms with van der Waals surface area (Å²) in [7, 11) is 0. The first kappa shape index (κ1) is 8.62. The fraction of sp³-hybridized carbons (Fsp3) is 0. The van der Waals surface area contributed by atoms with E-state index in [2.05, 4.69) is 28.1 Å². The molecular formula is C7H4BrFOS. The van der Waals surface area contributed by atoms with Gasteiger partial charge < -0.3 is 4.74 Å². The van der Waals surface area contributed by atoms with Crippen LogP contribution in [-0.4, -0.2) is 5.55 Å². The zero-order valence-electron chi connectivity index (χ0n) is 5.38. The molecule has 0 aliphatic rings. The normalized spacial score (nSPS) is 9.27. The number of hydrogen-bond acceptors (Lipinski definition) is 2. The Morgan fingerprint density at radius 1 is 1.55 bits per heavy atom. The van der Waals surface area contributed by atoms with Gasteiger partial charge in [-0.2, -0.15) is 0 Å². The van der Waals surface area contributed by atoms with Crippen LogP contribution < -0.4 is 4.74 Å². The van der Waals surface area contributed by atoms with Crippen LogP contribution in [0.4, 0.5) is 4.39 Å². The van der Waals surface area contributed by atoms with Crippen molar-refractivity contribution in [1.82, 2.24) is 0 Å². The van der Waals surface area contributed by atoms with Crippen LogP contribution in [0, 0.1) is 5.82 Å². The van der Waals surface area contributed by atoms with E-state index in [0.29, 0.717) is 10.2 Å². The molecule has 0 aliphatic heterocycles. The van der Waals surface area contributed by atoms with E-state index in [4.69, 9.17) is 4.74 Å². The summed E-state index contributed by atoms with van der Waals surface area (Å²) >= 11 is 7.47. The second-order valence-electron chi connectivity index (χ2n) is 1.79. The lowest BCUT2D eigenvalue weighted by Crippen LogP contribution is -1.86. The highest BCUT2D eigenvalue weighted by Crippen LogP contribution is 2.21. The van der Waals surface area contributed by atoms with Gasteiger partial charge in [-0.3, -0.25) is 0 Å². The van der Waals surface area contributed by atoms with Crippen molar-refractivity contribution in [2.24, 2.45) is 0 Å². The van der Waals surface area contributed by atoms with Gasteiger partial charge in [-0.15, -0.1) is 0 Å². The third-order valence-electron chi connectivity index (χ3n) is 1.08. The van der Waals surface area contributed by atoms with Gasteiger partial charge in [0.15, 0.2) is 5.55 Å². The molecule has 1 aromatic rings. The van der Waals surface area contributed by atoms with Crippen LogP contribution >= 0.6 is 28.1 Å². The third-order valence-corrected chi connectivity index (χ3v) is 1.78. The minimum absolute atomic E-state index is 0.318. The molecule has 0 saturated carbocycles. The minimum atomic E-state index is -0.318. The van der Waals surface area contributed by atoms with E-state index in [1.54, 1.807) is 0 Å². The van der Waals surface area contributed by atoms with E-state index in [0.717, 1.165) is 5.55 Å². The quantitative estimate of drug-likeness (QED) is 0.729. The number of rotatable bonds is 2. The summed E-state index contributed by atoms with van der Waals surface area (Å²) in [5.74, 6) is 0.204. The maximum absolute atomic E-state index is 12.6. The molecule has 0 aromatic heterocycles. The Morgan fingerprint density at radius 2 is 2.27 bits per heavy atom. The fourth-order valence-electron chi connectivity index (χ4n) is 0.606. The Labute approximate surface area is 77.3 Å². The molecule has 1 aromatic carbocycles. The van der Waals surface area contributed by atoms with E-state index >= 15 is 0 Å². The highest BCUT2D eigenvalue weighted by molar-refractivity contribution is 9.10. The Kier molecular flexibility index (Phi) is 2.96. The van der Waals surface area contributed by atoms with Gasteiger partial charge in [0.05, 0.1) is 4.47 Å². The Morgan fingerprint density at radius 3 is 2.82 bits per heavy atom. The summed E-state index contributed by atoms with van der Waals surface area (Å²) in [6.07, 6.45) is 0. The van der Waals surface area contributed by atoms with Gasteiger partial charge in [0.1, 0.15) is 11.6 Å². The first-order valence-corrected chi connectivity index (χ1v) is 4.06. The van der Waals surface area contributed by atoms with Crippen LogP contribution in [0.1, 0.15) is 0 Å². The first-order valence-electron chi connectivity index (χ1n) is 2.79. The zero-order valence-corrected chi connectivity index (χ0v) is 7.78. The molecule has 0 heterocycles. The molecule has 58 valence electrons. The monoisotopic (exact) mass is 234 g/mol. The van der Waals surface area contributed by atoms with Crippen LogP contribution in [0.25, 0.3) is 0 Å². The standard InChI is InChI=1S/C7H4BrFOS/c8-6-3-5(10-4-11)1-2-7(6)9/h1-4H. The molecule has 0 amide bonds. The van der Waals surface area contributed by atoms with Gasteiger partial charge in [0, 0.05) is 0 Å². The topological polar surface area (TPSA) is 9.23 Å². The van der Waals surface area contributed by atoms with Crippen molar-refractivity contribution in [1.29, 1.82) is 0 Å². The van der Waals surface area contributed by atoms with Crippen molar-refractivity contribution >= 4 is 33.7 Å². The van der Waals surface area contributed by atoms with Gasteiger partial charge >= 0.3 is 0 Å². The summed E-state index contributed by atoms with van der Waals surface area (Å²) in [4.78, 5) is 0. The molecule has 0 fully saturated rings. The summed E-state index contributed by atoms with van der Waals surface area (Å²) in [5, 5.41) is 0. The number of halogens is 2. The molecule has 0 bridgehead atoms. The Hall–Kier alpha value is -0.480. The summed E-state index contributed by atoms with van der Waals surface area (Å²) < 4.78 is 17.8. The molecule has 0 N–H and O–H groups in total. The van der Waals surface area contributed by atoms with Crippen molar-refractivity contribution in [3.05, 3.63) is 28.5 Å². The predicted octanol–water partition coefficient (Wildman–Crippen LogP) is 2.92. The van der Waals surface area contributed by atoms with E-state index < -0.39 is 0 Å². The third kappa shape index (κ3) is 2.24. The molecule has 0 unspecified atom stereocenters. The van der Waals surface area contributed by atoms with E-state index in [1.165, 1.54) is 18.2 Å². The van der Waals surface area contributed by atoms with Crippen molar-refractivity contribution in [2.45, 2.75) is 0 Å². The minimum Gasteiger partial charge on any atom is -0.454 e. The average molecular weight is 235 g/mol. The highest BCUT2D eigenvalue weighted by Gasteiger charge is 1.99. The lowest BCUT2D eigenvalue weighted by atomic mass is 10.3. The number of benzene rings is 1. The fourth-order valence-corrected chi connectivity index (χ4v) is 1.07. The second-order valence-corrected chi connectivity index (χ2v) is 2.84. The van der Waals surface area contributed by atoms with Crippen molar-refractivity contribution in [3.63, 3.8) is 0 Å². The van der Waals surface area contributed by atoms with Crippen molar-refractivity contribution < 1.29 is 9.13 Å². The maximum atomic E-state index is 12.6. The number of thiocarbonyl (C=S) groups is 1. The molecular weight excluding hydrogens is 231 g/mol. The molecule has 1 nitrogen and oxygen atoms in total. The number of hydrogen-bond donors (Lipinski definition) is 0. The maximum Gasteiger partial charge on any atom is 0.154 e. The summed E-state index contributed by atoms with van der Waals surface area (Å²) in [5.41, 5.74) is 1.12. The summed E-state index contributed by atoms with van der Waals surface area (Å²) in [6, 6.07) is 4.32. The molecule has 0 radical (unpaired) electrons. The molecule has 1 rings (SSSR count). The lowest BCUT2D eigenvalue weighted by molar-refractivity contribution is 0.574.